The van der Waals surface area contributed by atoms with E-state index in [1.165, 1.54) is 32.6 Å². The molecule has 2 atom stereocenters. The van der Waals surface area contributed by atoms with Crippen molar-refractivity contribution in [1.29, 1.82) is 0 Å². The van der Waals surface area contributed by atoms with Crippen molar-refractivity contribution >= 4 is 5.97 Å². The van der Waals surface area contributed by atoms with E-state index >= 15 is 0 Å². The molecule has 0 aromatic heterocycles. The van der Waals surface area contributed by atoms with Gasteiger partial charge in [0.05, 0.1) is 12.7 Å². The molecule has 1 fully saturated rings. The monoisotopic (exact) mass is 242 g/mol. The smallest absolute Gasteiger partial charge is 0.302 e. The summed E-state index contributed by atoms with van der Waals surface area (Å²) < 4.78 is 10.6. The predicted molar refractivity (Wildman–Crippen MR) is 67.8 cm³/mol. The van der Waals surface area contributed by atoms with E-state index in [0.29, 0.717) is 24.5 Å². The zero-order valence-corrected chi connectivity index (χ0v) is 11.6. The fraction of sp³-hybridized carbons (Fsp3) is 0.929. The number of hydrogen-bond acceptors (Lipinski definition) is 3. The summed E-state index contributed by atoms with van der Waals surface area (Å²) in [6.45, 7) is 9.12. The van der Waals surface area contributed by atoms with Gasteiger partial charge in [-0.3, -0.25) is 4.79 Å². The van der Waals surface area contributed by atoms with Gasteiger partial charge in [-0.2, -0.15) is 0 Å². The van der Waals surface area contributed by atoms with Gasteiger partial charge in [-0.1, -0.05) is 20.3 Å². The molecule has 1 rings (SSSR count). The van der Waals surface area contributed by atoms with E-state index in [0.717, 1.165) is 0 Å². The van der Waals surface area contributed by atoms with E-state index in [9.17, 15) is 4.79 Å². The Morgan fingerprint density at radius 1 is 1.41 bits per heavy atom. The van der Waals surface area contributed by atoms with E-state index in [1.807, 2.05) is 0 Å². The molecule has 0 aliphatic heterocycles. The summed E-state index contributed by atoms with van der Waals surface area (Å²) in [5.41, 5.74) is 0.455. The second-order valence-electron chi connectivity index (χ2n) is 5.94. The molecular formula is C14H26O3. The number of carbonyl (C=O) groups excluding carboxylic acids is 1. The first-order valence-corrected chi connectivity index (χ1v) is 6.66. The molecule has 0 amide bonds. The first kappa shape index (κ1) is 14.5. The van der Waals surface area contributed by atoms with Crippen LogP contribution in [0.1, 0.15) is 53.4 Å². The minimum Gasteiger partial charge on any atom is -0.463 e. The van der Waals surface area contributed by atoms with Crippen molar-refractivity contribution in [1.82, 2.24) is 0 Å². The van der Waals surface area contributed by atoms with Crippen LogP contribution in [0.3, 0.4) is 0 Å². The topological polar surface area (TPSA) is 35.5 Å². The first-order chi connectivity index (χ1) is 7.91. The van der Waals surface area contributed by atoms with Crippen molar-refractivity contribution in [3.8, 4) is 0 Å². The number of rotatable bonds is 5. The van der Waals surface area contributed by atoms with Crippen LogP contribution in [-0.2, 0) is 14.3 Å². The molecule has 100 valence electrons. The third-order valence-electron chi connectivity index (χ3n) is 3.68. The Balaban J connectivity index is 2.22. The van der Waals surface area contributed by atoms with Gasteiger partial charge < -0.3 is 9.47 Å². The van der Waals surface area contributed by atoms with Crippen LogP contribution >= 0.6 is 0 Å². The fourth-order valence-corrected chi connectivity index (χ4v) is 2.71. The normalized spacial score (nSPS) is 25.3. The maximum atomic E-state index is 10.6. The van der Waals surface area contributed by atoms with Crippen LogP contribution in [0.4, 0.5) is 0 Å². The molecule has 2 unspecified atom stereocenters. The maximum absolute atomic E-state index is 10.6. The summed E-state index contributed by atoms with van der Waals surface area (Å²) in [6.07, 6.45) is 5.39. The molecular weight excluding hydrogens is 216 g/mol. The Morgan fingerprint density at radius 3 is 2.71 bits per heavy atom. The highest BCUT2D eigenvalue weighted by atomic mass is 16.6. The number of ether oxygens (including phenoxy) is 2. The lowest BCUT2D eigenvalue weighted by Crippen LogP contribution is -2.31. The van der Waals surface area contributed by atoms with Crippen LogP contribution in [0.15, 0.2) is 0 Å². The molecule has 0 radical (unpaired) electrons. The van der Waals surface area contributed by atoms with E-state index in [-0.39, 0.29) is 12.1 Å². The standard InChI is InChI=1S/C14H26O3/c1-11(16-8-9-17-12(2)15)13-6-5-7-14(3,4)10-13/h11,13H,5-10H2,1-4H3. The van der Waals surface area contributed by atoms with Crippen LogP contribution in [0.25, 0.3) is 0 Å². The van der Waals surface area contributed by atoms with Gasteiger partial charge in [0.2, 0.25) is 0 Å². The van der Waals surface area contributed by atoms with Gasteiger partial charge in [0.15, 0.2) is 0 Å². The molecule has 0 heterocycles. The first-order valence-electron chi connectivity index (χ1n) is 6.66. The molecule has 1 aliphatic carbocycles. The highest BCUT2D eigenvalue weighted by Crippen LogP contribution is 2.40. The molecule has 1 aliphatic rings. The Kier molecular flexibility index (Phi) is 5.44. The molecule has 1 saturated carbocycles. The van der Waals surface area contributed by atoms with Crippen molar-refractivity contribution in [2.24, 2.45) is 11.3 Å². The SMILES string of the molecule is CC(=O)OCCOC(C)C1CCCC(C)(C)C1. The largest absolute Gasteiger partial charge is 0.463 e. The Labute approximate surface area is 105 Å². The predicted octanol–water partition coefficient (Wildman–Crippen LogP) is 3.17. The minimum atomic E-state index is -0.236. The average Bonchev–Trinajstić information content (AvgIpc) is 2.22. The zero-order valence-electron chi connectivity index (χ0n) is 11.6. The van der Waals surface area contributed by atoms with Crippen molar-refractivity contribution in [2.45, 2.75) is 59.5 Å². The van der Waals surface area contributed by atoms with E-state index in [2.05, 4.69) is 20.8 Å². The minimum absolute atomic E-state index is 0.236. The lowest BCUT2D eigenvalue weighted by molar-refractivity contribution is -0.143. The zero-order chi connectivity index (χ0) is 12.9. The number of hydrogen-bond donors (Lipinski definition) is 0. The van der Waals surface area contributed by atoms with Gasteiger partial charge in [0, 0.05) is 6.92 Å². The van der Waals surface area contributed by atoms with Gasteiger partial charge in [-0.25, -0.2) is 0 Å². The number of carbonyl (C=O) groups is 1. The number of esters is 1. The van der Waals surface area contributed by atoms with E-state index in [1.54, 1.807) is 0 Å². The van der Waals surface area contributed by atoms with Gasteiger partial charge >= 0.3 is 5.97 Å². The molecule has 3 heteroatoms. The summed E-state index contributed by atoms with van der Waals surface area (Å²) in [6, 6.07) is 0. The molecule has 3 nitrogen and oxygen atoms in total. The fourth-order valence-electron chi connectivity index (χ4n) is 2.71. The Hall–Kier alpha value is -0.570. The Bertz CT molecular complexity index is 248. The van der Waals surface area contributed by atoms with Gasteiger partial charge in [-0.05, 0) is 37.5 Å². The highest BCUT2D eigenvalue weighted by molar-refractivity contribution is 5.65. The van der Waals surface area contributed by atoms with Crippen LogP contribution in [0.2, 0.25) is 0 Å². The third kappa shape index (κ3) is 5.53. The molecule has 0 aromatic rings. The van der Waals surface area contributed by atoms with Crippen LogP contribution < -0.4 is 0 Å². The Morgan fingerprint density at radius 2 is 2.12 bits per heavy atom. The van der Waals surface area contributed by atoms with Crippen LogP contribution in [0.5, 0.6) is 0 Å². The van der Waals surface area contributed by atoms with Gasteiger partial charge in [0.25, 0.3) is 0 Å². The summed E-state index contributed by atoms with van der Waals surface area (Å²) in [5, 5.41) is 0. The van der Waals surface area contributed by atoms with Crippen LogP contribution in [0, 0.1) is 11.3 Å². The summed E-state index contributed by atoms with van der Waals surface area (Å²) in [4.78, 5) is 10.6. The molecule has 0 aromatic carbocycles. The van der Waals surface area contributed by atoms with E-state index < -0.39 is 0 Å². The van der Waals surface area contributed by atoms with Crippen molar-refractivity contribution in [3.05, 3.63) is 0 Å². The second kappa shape index (κ2) is 6.39. The van der Waals surface area contributed by atoms with Crippen LogP contribution in [-0.4, -0.2) is 25.3 Å². The average molecular weight is 242 g/mol. The van der Waals surface area contributed by atoms with E-state index in [4.69, 9.17) is 9.47 Å². The van der Waals surface area contributed by atoms with Gasteiger partial charge in [-0.15, -0.1) is 0 Å². The highest BCUT2D eigenvalue weighted by Gasteiger charge is 2.31. The van der Waals surface area contributed by atoms with Crippen molar-refractivity contribution in [3.63, 3.8) is 0 Å². The second-order valence-corrected chi connectivity index (χ2v) is 5.94. The lowest BCUT2D eigenvalue weighted by atomic mass is 9.71. The summed E-state index contributed by atoms with van der Waals surface area (Å²) in [7, 11) is 0. The lowest BCUT2D eigenvalue weighted by Gasteiger charge is -2.37. The molecule has 0 saturated heterocycles. The quantitative estimate of drug-likeness (QED) is 0.548. The third-order valence-corrected chi connectivity index (χ3v) is 3.68. The van der Waals surface area contributed by atoms with Crippen molar-refractivity contribution in [2.75, 3.05) is 13.2 Å². The summed E-state index contributed by atoms with van der Waals surface area (Å²) >= 11 is 0. The van der Waals surface area contributed by atoms with Gasteiger partial charge in [0.1, 0.15) is 6.61 Å². The maximum Gasteiger partial charge on any atom is 0.302 e. The molecule has 0 bridgehead atoms. The van der Waals surface area contributed by atoms with Crippen molar-refractivity contribution < 1.29 is 14.3 Å². The molecule has 0 spiro atoms. The molecule has 17 heavy (non-hydrogen) atoms. The summed E-state index contributed by atoms with van der Waals surface area (Å²) in [5.74, 6) is 0.413. The molecule has 0 N–H and O–H groups in total.